The summed E-state index contributed by atoms with van der Waals surface area (Å²) in [5.74, 6) is 1.69. The van der Waals surface area contributed by atoms with Gasteiger partial charge in [0, 0.05) is 39.3 Å². The summed E-state index contributed by atoms with van der Waals surface area (Å²) in [5, 5.41) is 0. The Kier molecular flexibility index (Phi) is 7.10. The third-order valence-electron chi connectivity index (χ3n) is 9.53. The molecule has 0 saturated carbocycles. The van der Waals surface area contributed by atoms with E-state index in [4.69, 9.17) is 19.4 Å². The molecular formula is C32H38N8O4. The molecule has 4 aromatic rings. The average molecular weight is 599 g/mol. The monoisotopic (exact) mass is 598 g/mol. The predicted molar refractivity (Wildman–Crippen MR) is 164 cm³/mol. The van der Waals surface area contributed by atoms with E-state index in [-0.39, 0.29) is 24.1 Å². The van der Waals surface area contributed by atoms with Gasteiger partial charge in [0.1, 0.15) is 11.6 Å². The number of hydrogen-bond acceptors (Lipinski definition) is 6. The van der Waals surface area contributed by atoms with Gasteiger partial charge >= 0.3 is 12.1 Å². The van der Waals surface area contributed by atoms with Crippen LogP contribution in [0.5, 0.6) is 0 Å². The maximum atomic E-state index is 13.3. The van der Waals surface area contributed by atoms with Crippen molar-refractivity contribution in [2.24, 2.45) is 0 Å². The Bertz CT molecular complexity index is 1560. The third-order valence-corrected chi connectivity index (χ3v) is 9.53. The summed E-state index contributed by atoms with van der Waals surface area (Å²) in [4.78, 5) is 51.2. The smallest absolute Gasteiger partial charge is 0.320 e. The van der Waals surface area contributed by atoms with E-state index in [1.807, 2.05) is 31.7 Å². The molecule has 0 spiro atoms. The summed E-state index contributed by atoms with van der Waals surface area (Å²) in [7, 11) is 0. The van der Waals surface area contributed by atoms with Crippen molar-refractivity contribution in [1.29, 1.82) is 0 Å². The fourth-order valence-corrected chi connectivity index (χ4v) is 7.17. The van der Waals surface area contributed by atoms with Gasteiger partial charge in [-0.05, 0) is 61.1 Å². The maximum absolute atomic E-state index is 13.3. The highest BCUT2D eigenvalue weighted by molar-refractivity contribution is 5.86. The summed E-state index contributed by atoms with van der Waals surface area (Å²) in [6, 6.07) is 12.6. The zero-order chi connectivity index (χ0) is 29.6. The van der Waals surface area contributed by atoms with Crippen molar-refractivity contribution in [1.82, 2.24) is 39.5 Å². The number of hydrogen-bond donors (Lipinski definition) is 2. The molecule has 4 amide bonds. The molecule has 4 saturated heterocycles. The molecule has 0 aliphatic carbocycles. The van der Waals surface area contributed by atoms with Gasteiger partial charge in [0.05, 0.1) is 60.6 Å². The van der Waals surface area contributed by atoms with Gasteiger partial charge in [0.15, 0.2) is 0 Å². The highest BCUT2D eigenvalue weighted by Gasteiger charge is 2.36. The summed E-state index contributed by atoms with van der Waals surface area (Å²) < 4.78 is 10.9. The highest BCUT2D eigenvalue weighted by Crippen LogP contribution is 2.35. The number of aromatic amines is 2. The Morgan fingerprint density at radius 3 is 1.50 bits per heavy atom. The van der Waals surface area contributed by atoms with Crippen LogP contribution in [0.2, 0.25) is 0 Å². The molecule has 2 atom stereocenters. The van der Waals surface area contributed by atoms with E-state index < -0.39 is 0 Å². The first-order valence-corrected chi connectivity index (χ1v) is 15.9. The second-order valence-electron chi connectivity index (χ2n) is 12.2. The molecule has 6 heterocycles. The van der Waals surface area contributed by atoms with Crippen LogP contribution in [0.25, 0.3) is 33.2 Å². The minimum absolute atomic E-state index is 0.0498. The summed E-state index contributed by atoms with van der Waals surface area (Å²) in [5.41, 5.74) is 5.84. The number of benzene rings is 2. The molecule has 0 radical (unpaired) electrons. The van der Waals surface area contributed by atoms with E-state index in [1.54, 1.807) is 0 Å². The molecule has 4 fully saturated rings. The summed E-state index contributed by atoms with van der Waals surface area (Å²) in [6.07, 6.45) is 3.74. The number of H-pyrrole nitrogens is 2. The fourth-order valence-electron chi connectivity index (χ4n) is 7.17. The van der Waals surface area contributed by atoms with Crippen molar-refractivity contribution in [2.45, 2.75) is 37.8 Å². The standard InChI is InChI=1S/C32H38N8O4/c41-31(37-11-15-43-16-12-37)39-9-1-3-27(39)29-33-23-7-5-21(19-25(23)35-29)22-6-8-24-26(20-22)36-30(34-24)28-4-2-10-40(28)32(42)38-13-17-44-18-14-38/h5-8,19-20,27-28H,1-4,9-18H2,(H,33,35)(H,34,36)/t27-,28-/m0/s1. The SMILES string of the molecule is O=C(N1CCOCC1)N1CCC[C@H]1c1nc2ccc(-c3ccc4nc([C@@H]5CCCN5C(=O)N5CCOCC5)[nH]c4c3)cc2[nH]1. The molecule has 8 rings (SSSR count). The van der Waals surface area contributed by atoms with E-state index in [9.17, 15) is 9.59 Å². The zero-order valence-electron chi connectivity index (χ0n) is 24.8. The first-order chi connectivity index (χ1) is 21.6. The summed E-state index contributed by atoms with van der Waals surface area (Å²) >= 11 is 0. The number of morpholine rings is 2. The molecule has 4 aliphatic heterocycles. The van der Waals surface area contributed by atoms with Crippen LogP contribution in [0.15, 0.2) is 36.4 Å². The van der Waals surface area contributed by atoms with Gasteiger partial charge in [-0.1, -0.05) is 12.1 Å². The Morgan fingerprint density at radius 1 is 0.636 bits per heavy atom. The molecular weight excluding hydrogens is 560 g/mol. The van der Waals surface area contributed by atoms with Crippen molar-refractivity contribution in [3.05, 3.63) is 48.0 Å². The molecule has 230 valence electrons. The number of aromatic nitrogens is 4. The molecule has 12 heteroatoms. The number of imidazole rings is 2. The maximum Gasteiger partial charge on any atom is 0.320 e. The molecule has 12 nitrogen and oxygen atoms in total. The Balaban J connectivity index is 1.02. The van der Waals surface area contributed by atoms with Crippen molar-refractivity contribution in [3.8, 4) is 11.1 Å². The fraction of sp³-hybridized carbons (Fsp3) is 0.500. The van der Waals surface area contributed by atoms with Crippen LogP contribution in [0.3, 0.4) is 0 Å². The first kappa shape index (κ1) is 27.4. The lowest BCUT2D eigenvalue weighted by atomic mass is 10.0. The molecule has 2 aromatic heterocycles. The number of ether oxygens (including phenoxy) is 2. The minimum Gasteiger partial charge on any atom is -0.378 e. The van der Waals surface area contributed by atoms with Crippen molar-refractivity contribution in [2.75, 3.05) is 65.7 Å². The number of nitrogens with one attached hydrogen (secondary N) is 2. The lowest BCUT2D eigenvalue weighted by molar-refractivity contribution is 0.0419. The number of likely N-dealkylation sites (tertiary alicyclic amines) is 2. The summed E-state index contributed by atoms with van der Waals surface area (Å²) in [6.45, 7) is 6.42. The Labute approximate surface area is 255 Å². The minimum atomic E-state index is -0.0498. The number of urea groups is 2. The van der Waals surface area contributed by atoms with Crippen LogP contribution in [-0.4, -0.2) is 117 Å². The second-order valence-corrected chi connectivity index (χ2v) is 12.2. The second kappa shape index (κ2) is 11.4. The largest absolute Gasteiger partial charge is 0.378 e. The van der Waals surface area contributed by atoms with Crippen LogP contribution >= 0.6 is 0 Å². The molecule has 0 bridgehead atoms. The number of carbonyl (C=O) groups excluding carboxylic acids is 2. The number of carbonyl (C=O) groups is 2. The average Bonchev–Trinajstić information content (AvgIpc) is 3.89. The highest BCUT2D eigenvalue weighted by atomic mass is 16.5. The number of nitrogens with zero attached hydrogens (tertiary/aromatic N) is 6. The van der Waals surface area contributed by atoms with Crippen LogP contribution in [0, 0.1) is 0 Å². The number of amides is 4. The van der Waals surface area contributed by atoms with E-state index >= 15 is 0 Å². The molecule has 44 heavy (non-hydrogen) atoms. The van der Waals surface area contributed by atoms with Gasteiger partial charge < -0.3 is 39.0 Å². The van der Waals surface area contributed by atoms with Crippen LogP contribution in [0.4, 0.5) is 9.59 Å². The third kappa shape index (κ3) is 4.95. The van der Waals surface area contributed by atoms with Gasteiger partial charge in [-0.3, -0.25) is 0 Å². The predicted octanol–water partition coefficient (Wildman–Crippen LogP) is 4.28. The van der Waals surface area contributed by atoms with Crippen LogP contribution in [0.1, 0.15) is 49.4 Å². The van der Waals surface area contributed by atoms with Crippen molar-refractivity contribution in [3.63, 3.8) is 0 Å². The van der Waals surface area contributed by atoms with Gasteiger partial charge in [0.25, 0.3) is 0 Å². The Hall–Kier alpha value is -4.16. The molecule has 0 unspecified atom stereocenters. The zero-order valence-corrected chi connectivity index (χ0v) is 24.8. The lowest BCUT2D eigenvalue weighted by Gasteiger charge is -2.33. The van der Waals surface area contributed by atoms with Gasteiger partial charge in [-0.15, -0.1) is 0 Å². The van der Waals surface area contributed by atoms with E-state index in [0.29, 0.717) is 52.6 Å². The van der Waals surface area contributed by atoms with Gasteiger partial charge in [-0.2, -0.15) is 0 Å². The lowest BCUT2D eigenvalue weighted by Crippen LogP contribution is -2.48. The first-order valence-electron chi connectivity index (χ1n) is 15.9. The van der Waals surface area contributed by atoms with Crippen LogP contribution in [-0.2, 0) is 9.47 Å². The Morgan fingerprint density at radius 2 is 1.07 bits per heavy atom. The molecule has 2 N–H and O–H groups in total. The van der Waals surface area contributed by atoms with Gasteiger partial charge in [-0.25, -0.2) is 19.6 Å². The van der Waals surface area contributed by atoms with Gasteiger partial charge in [0.2, 0.25) is 0 Å². The van der Waals surface area contributed by atoms with E-state index in [2.05, 4.69) is 34.2 Å². The topological polar surface area (TPSA) is 123 Å². The molecule has 4 aliphatic rings. The normalized spacial score (nSPS) is 22.9. The number of rotatable bonds is 3. The van der Waals surface area contributed by atoms with Crippen molar-refractivity contribution < 1.29 is 19.1 Å². The van der Waals surface area contributed by atoms with E-state index in [0.717, 1.165) is 83.6 Å². The quantitative estimate of drug-likeness (QED) is 0.363. The van der Waals surface area contributed by atoms with E-state index in [1.165, 1.54) is 0 Å². The van der Waals surface area contributed by atoms with Crippen molar-refractivity contribution >= 4 is 34.1 Å². The molecule has 2 aromatic carbocycles. The number of fused-ring (bicyclic) bond motifs is 2. The van der Waals surface area contributed by atoms with Crippen LogP contribution < -0.4 is 0 Å².